The van der Waals surface area contributed by atoms with Gasteiger partial charge in [-0.2, -0.15) is 5.10 Å². The van der Waals surface area contributed by atoms with Crippen LogP contribution in [0, 0.1) is 11.8 Å². The average molecular weight is 344 g/mol. The number of hydrogen-bond acceptors (Lipinski definition) is 4. The summed E-state index contributed by atoms with van der Waals surface area (Å²) in [6, 6.07) is 0. The van der Waals surface area contributed by atoms with Crippen LogP contribution in [0.4, 0.5) is 5.69 Å². The van der Waals surface area contributed by atoms with Gasteiger partial charge in [0.2, 0.25) is 0 Å². The van der Waals surface area contributed by atoms with Crippen LogP contribution in [0.25, 0.3) is 0 Å². The Kier molecular flexibility index (Phi) is 5.21. The Hall–Kier alpha value is -0.880. The molecular weight excluding hydrogens is 322 g/mol. The van der Waals surface area contributed by atoms with Crippen LogP contribution in [0.5, 0.6) is 0 Å². The monoisotopic (exact) mass is 343 g/mol. The molecule has 1 fully saturated rings. The molecule has 1 aromatic rings. The quantitative estimate of drug-likeness (QED) is 0.892. The van der Waals surface area contributed by atoms with Gasteiger partial charge < -0.3 is 10.1 Å². The van der Waals surface area contributed by atoms with Gasteiger partial charge in [0, 0.05) is 25.6 Å². The van der Waals surface area contributed by atoms with E-state index in [2.05, 4.69) is 47.1 Å². The van der Waals surface area contributed by atoms with Crippen LogP contribution in [0.15, 0.2) is 15.5 Å². The number of aromatic nitrogens is 2. The first kappa shape index (κ1) is 15.5. The SMILES string of the molecule is CC(C)Cn1ncc(NCC2CCOC2C)c(Br)c1=O. The zero-order chi connectivity index (χ0) is 14.7. The summed E-state index contributed by atoms with van der Waals surface area (Å²) >= 11 is 3.38. The third kappa shape index (κ3) is 3.61. The lowest BCUT2D eigenvalue weighted by Crippen LogP contribution is -2.27. The molecule has 0 radical (unpaired) electrons. The second-order valence-corrected chi connectivity index (χ2v) is 6.55. The van der Waals surface area contributed by atoms with Gasteiger partial charge >= 0.3 is 0 Å². The minimum absolute atomic E-state index is 0.0839. The zero-order valence-electron chi connectivity index (χ0n) is 12.2. The zero-order valence-corrected chi connectivity index (χ0v) is 13.8. The molecule has 0 aliphatic carbocycles. The van der Waals surface area contributed by atoms with Gasteiger partial charge in [0.15, 0.2) is 0 Å². The second-order valence-electron chi connectivity index (χ2n) is 5.76. The van der Waals surface area contributed by atoms with Gasteiger partial charge in [-0.15, -0.1) is 0 Å². The Bertz CT molecular complexity index is 516. The molecule has 0 spiro atoms. The maximum absolute atomic E-state index is 12.2. The average Bonchev–Trinajstić information content (AvgIpc) is 2.79. The van der Waals surface area contributed by atoms with Crippen molar-refractivity contribution in [2.45, 2.75) is 39.8 Å². The van der Waals surface area contributed by atoms with Crippen molar-refractivity contribution in [3.05, 3.63) is 21.0 Å². The van der Waals surface area contributed by atoms with Crippen LogP contribution in [0.2, 0.25) is 0 Å². The molecule has 0 saturated carbocycles. The first-order chi connectivity index (χ1) is 9.49. The van der Waals surface area contributed by atoms with Crippen LogP contribution < -0.4 is 10.9 Å². The van der Waals surface area contributed by atoms with Crippen molar-refractivity contribution in [3.8, 4) is 0 Å². The highest BCUT2D eigenvalue weighted by atomic mass is 79.9. The lowest BCUT2D eigenvalue weighted by Gasteiger charge is -2.16. The molecule has 1 N–H and O–H groups in total. The Labute approximate surface area is 127 Å². The lowest BCUT2D eigenvalue weighted by atomic mass is 10.0. The topological polar surface area (TPSA) is 56.1 Å². The highest BCUT2D eigenvalue weighted by molar-refractivity contribution is 9.10. The molecule has 2 heterocycles. The highest BCUT2D eigenvalue weighted by Gasteiger charge is 2.24. The summed E-state index contributed by atoms with van der Waals surface area (Å²) in [5.74, 6) is 0.877. The minimum atomic E-state index is -0.0839. The summed E-state index contributed by atoms with van der Waals surface area (Å²) in [4.78, 5) is 12.2. The van der Waals surface area contributed by atoms with Crippen molar-refractivity contribution in [2.75, 3.05) is 18.5 Å². The maximum Gasteiger partial charge on any atom is 0.283 e. The molecule has 0 amide bonds. The molecule has 1 saturated heterocycles. The van der Waals surface area contributed by atoms with Gasteiger partial charge in [0.1, 0.15) is 4.47 Å². The van der Waals surface area contributed by atoms with Crippen molar-refractivity contribution >= 4 is 21.6 Å². The molecule has 6 heteroatoms. The van der Waals surface area contributed by atoms with E-state index in [1.165, 1.54) is 4.68 Å². The molecule has 112 valence electrons. The Morgan fingerprint density at radius 3 is 2.95 bits per heavy atom. The van der Waals surface area contributed by atoms with E-state index in [-0.39, 0.29) is 11.7 Å². The van der Waals surface area contributed by atoms with E-state index >= 15 is 0 Å². The first-order valence-electron chi connectivity index (χ1n) is 7.10. The van der Waals surface area contributed by atoms with Crippen molar-refractivity contribution in [1.82, 2.24) is 9.78 Å². The van der Waals surface area contributed by atoms with E-state index in [9.17, 15) is 4.79 Å². The van der Waals surface area contributed by atoms with Gasteiger partial charge in [-0.25, -0.2) is 4.68 Å². The summed E-state index contributed by atoms with van der Waals surface area (Å²) in [6.45, 7) is 8.47. The lowest BCUT2D eigenvalue weighted by molar-refractivity contribution is 0.108. The molecule has 5 nitrogen and oxygen atoms in total. The fraction of sp³-hybridized carbons (Fsp3) is 0.714. The fourth-order valence-corrected chi connectivity index (χ4v) is 2.80. The molecule has 20 heavy (non-hydrogen) atoms. The minimum Gasteiger partial charge on any atom is -0.382 e. The van der Waals surface area contributed by atoms with E-state index in [1.54, 1.807) is 6.20 Å². The Balaban J connectivity index is 2.05. The number of rotatable bonds is 5. The molecule has 0 aromatic carbocycles. The molecule has 1 aliphatic heterocycles. The van der Waals surface area contributed by atoms with Crippen LogP contribution >= 0.6 is 15.9 Å². The largest absolute Gasteiger partial charge is 0.382 e. The van der Waals surface area contributed by atoms with Crippen LogP contribution in [0.1, 0.15) is 27.2 Å². The van der Waals surface area contributed by atoms with Gasteiger partial charge in [-0.1, -0.05) is 13.8 Å². The summed E-state index contributed by atoms with van der Waals surface area (Å²) in [5.41, 5.74) is 0.675. The number of nitrogens with one attached hydrogen (secondary N) is 1. The number of nitrogens with zero attached hydrogens (tertiary/aromatic N) is 2. The van der Waals surface area contributed by atoms with E-state index in [0.29, 0.717) is 22.9 Å². The van der Waals surface area contributed by atoms with E-state index < -0.39 is 0 Å². The highest BCUT2D eigenvalue weighted by Crippen LogP contribution is 2.22. The smallest absolute Gasteiger partial charge is 0.283 e. The van der Waals surface area contributed by atoms with Gasteiger partial charge in [0.05, 0.1) is 18.0 Å². The van der Waals surface area contributed by atoms with Crippen molar-refractivity contribution in [1.29, 1.82) is 0 Å². The number of anilines is 1. The summed E-state index contributed by atoms with van der Waals surface area (Å²) in [5, 5.41) is 7.53. The summed E-state index contributed by atoms with van der Waals surface area (Å²) < 4.78 is 7.59. The number of ether oxygens (including phenoxy) is 1. The van der Waals surface area contributed by atoms with E-state index in [0.717, 1.165) is 25.3 Å². The Morgan fingerprint density at radius 2 is 2.35 bits per heavy atom. The molecule has 1 aliphatic rings. The maximum atomic E-state index is 12.2. The van der Waals surface area contributed by atoms with E-state index in [1.807, 2.05) is 0 Å². The normalized spacial score (nSPS) is 22.4. The molecule has 0 bridgehead atoms. The van der Waals surface area contributed by atoms with Crippen LogP contribution in [-0.4, -0.2) is 29.0 Å². The fourth-order valence-electron chi connectivity index (χ4n) is 2.35. The van der Waals surface area contributed by atoms with Gasteiger partial charge in [-0.05, 0) is 35.2 Å². The third-order valence-corrected chi connectivity index (χ3v) is 4.38. The first-order valence-corrected chi connectivity index (χ1v) is 7.89. The number of halogens is 1. The number of hydrogen-bond donors (Lipinski definition) is 1. The van der Waals surface area contributed by atoms with Crippen molar-refractivity contribution in [3.63, 3.8) is 0 Å². The standard InChI is InChI=1S/C14H22BrN3O2/c1-9(2)8-18-14(19)13(15)12(7-17-18)16-6-11-4-5-20-10(11)3/h7,9-11,16H,4-6,8H2,1-3H3. The predicted molar refractivity (Wildman–Crippen MR) is 83.0 cm³/mol. The summed E-state index contributed by atoms with van der Waals surface area (Å²) in [7, 11) is 0. The Morgan fingerprint density at radius 1 is 1.60 bits per heavy atom. The van der Waals surface area contributed by atoms with Crippen molar-refractivity contribution < 1.29 is 4.74 Å². The van der Waals surface area contributed by atoms with Crippen LogP contribution in [0.3, 0.4) is 0 Å². The predicted octanol–water partition coefficient (Wildman–Crippen LogP) is 2.50. The molecule has 1 aromatic heterocycles. The second kappa shape index (κ2) is 6.72. The summed E-state index contributed by atoms with van der Waals surface area (Å²) in [6.07, 6.45) is 3.05. The van der Waals surface area contributed by atoms with Crippen LogP contribution in [-0.2, 0) is 11.3 Å². The van der Waals surface area contributed by atoms with Crippen molar-refractivity contribution in [2.24, 2.45) is 11.8 Å². The van der Waals surface area contributed by atoms with E-state index in [4.69, 9.17) is 4.74 Å². The van der Waals surface area contributed by atoms with Gasteiger partial charge in [0.25, 0.3) is 5.56 Å². The van der Waals surface area contributed by atoms with Gasteiger partial charge in [-0.3, -0.25) is 4.79 Å². The third-order valence-electron chi connectivity index (χ3n) is 3.61. The molecular formula is C14H22BrN3O2. The molecule has 2 atom stereocenters. The molecule has 2 rings (SSSR count). The molecule has 2 unspecified atom stereocenters.